The molecule has 0 amide bonds. The normalized spacial score (nSPS) is 13.2. The van der Waals surface area contributed by atoms with Crippen LogP contribution in [0.5, 0.6) is 0 Å². The van der Waals surface area contributed by atoms with Gasteiger partial charge in [-0.3, -0.25) is 0 Å². The van der Waals surface area contributed by atoms with Gasteiger partial charge in [0.15, 0.2) is 0 Å². The minimum absolute atomic E-state index is 0.143. The summed E-state index contributed by atoms with van der Waals surface area (Å²) in [6, 6.07) is 7.03. The van der Waals surface area contributed by atoms with Crippen molar-refractivity contribution in [3.05, 3.63) is 34.9 Å². The van der Waals surface area contributed by atoms with Crippen molar-refractivity contribution in [1.82, 2.24) is 0 Å². The lowest BCUT2D eigenvalue weighted by molar-refractivity contribution is 0.418. The maximum absolute atomic E-state index is 6.12. The number of nitrogens with two attached hydrogens (primary N) is 1. The van der Waals surface area contributed by atoms with Crippen LogP contribution in [0.15, 0.2) is 18.2 Å². The quantitative estimate of drug-likeness (QED) is 0.554. The third-order valence-corrected chi connectivity index (χ3v) is 4.70. The molecule has 0 aliphatic rings. The lowest BCUT2D eigenvalue weighted by Crippen LogP contribution is -2.32. The fourth-order valence-electron chi connectivity index (χ4n) is 2.98. The first-order valence-electron chi connectivity index (χ1n) is 9.43. The Morgan fingerprint density at radius 3 is 2.05 bits per heavy atom. The molecule has 0 saturated heterocycles. The van der Waals surface area contributed by atoms with Gasteiger partial charge in [-0.1, -0.05) is 85.4 Å². The average Bonchev–Trinajstić information content (AvgIpc) is 2.59. The Morgan fingerprint density at radius 2 is 1.55 bits per heavy atom. The summed E-state index contributed by atoms with van der Waals surface area (Å²) in [6.07, 6.45) is 8.71. The first-order valence-corrected chi connectivity index (χ1v) is 9.43. The van der Waals surface area contributed by atoms with Gasteiger partial charge in [-0.2, -0.15) is 0 Å². The molecule has 0 aliphatic heterocycles. The first kappa shape index (κ1) is 21.2. The third-order valence-electron chi connectivity index (χ3n) is 4.70. The molecule has 1 aromatic rings. The van der Waals surface area contributed by atoms with Gasteiger partial charge >= 0.3 is 0 Å². The van der Waals surface area contributed by atoms with Gasteiger partial charge in [0, 0.05) is 12.0 Å². The van der Waals surface area contributed by atoms with E-state index >= 15 is 0 Å². The number of hydrogen-bond acceptors (Lipinski definition) is 1. The van der Waals surface area contributed by atoms with Crippen molar-refractivity contribution >= 4 is 0 Å². The van der Waals surface area contributed by atoms with E-state index in [1.165, 1.54) is 48.8 Å². The van der Waals surface area contributed by atoms with E-state index in [-0.39, 0.29) is 5.41 Å². The second kappa shape index (κ2) is 11.7. The zero-order chi connectivity index (χ0) is 17.0. The molecule has 0 aromatic heterocycles. The molecule has 0 radical (unpaired) electrons. The van der Waals surface area contributed by atoms with Gasteiger partial charge in [-0.15, -0.1) is 0 Å². The van der Waals surface area contributed by atoms with Gasteiger partial charge < -0.3 is 5.73 Å². The second-order valence-electron chi connectivity index (χ2n) is 6.27. The highest BCUT2D eigenvalue weighted by molar-refractivity contribution is 5.36. The molecule has 0 heterocycles. The van der Waals surface area contributed by atoms with E-state index in [9.17, 15) is 0 Å². The highest BCUT2D eigenvalue weighted by Gasteiger charge is 2.24. The Labute approximate surface area is 139 Å². The monoisotopic (exact) mass is 305 g/mol. The van der Waals surface area contributed by atoms with E-state index in [1.54, 1.807) is 0 Å². The number of benzene rings is 1. The lowest BCUT2D eigenvalue weighted by atomic mass is 9.77. The summed E-state index contributed by atoms with van der Waals surface area (Å²) in [7, 11) is 0. The van der Waals surface area contributed by atoms with Gasteiger partial charge in [0.05, 0.1) is 0 Å². The maximum atomic E-state index is 6.12. The van der Waals surface area contributed by atoms with Crippen molar-refractivity contribution in [2.45, 2.75) is 91.9 Å². The highest BCUT2D eigenvalue weighted by atomic mass is 14.6. The van der Waals surface area contributed by atoms with E-state index in [4.69, 9.17) is 5.73 Å². The summed E-state index contributed by atoms with van der Waals surface area (Å²) in [6.45, 7) is 13.8. The van der Waals surface area contributed by atoms with Crippen LogP contribution in [-0.4, -0.2) is 6.54 Å². The zero-order valence-electron chi connectivity index (χ0n) is 16.0. The molecule has 1 rings (SSSR count). The maximum Gasteiger partial charge on any atom is 0.00474 e. The topological polar surface area (TPSA) is 26.0 Å². The smallest absolute Gasteiger partial charge is 0.00474 e. The fourth-order valence-corrected chi connectivity index (χ4v) is 2.98. The Hall–Kier alpha value is -0.820. The molecule has 0 saturated carbocycles. The Bertz CT molecular complexity index is 397. The highest BCUT2D eigenvalue weighted by Crippen LogP contribution is 2.30. The van der Waals surface area contributed by atoms with Gasteiger partial charge in [0.2, 0.25) is 0 Å². The zero-order valence-corrected chi connectivity index (χ0v) is 16.0. The van der Waals surface area contributed by atoms with E-state index in [0.717, 1.165) is 19.4 Å². The van der Waals surface area contributed by atoms with Crippen LogP contribution in [-0.2, 0) is 18.3 Å². The SMILES string of the molecule is CC.CCCCCCC(C)(CN)c1ccc(CC)c(CC)c1. The van der Waals surface area contributed by atoms with Gasteiger partial charge in [-0.05, 0) is 36.0 Å². The molecular formula is C21H39N. The summed E-state index contributed by atoms with van der Waals surface area (Å²) in [5.41, 5.74) is 10.7. The molecule has 1 aromatic carbocycles. The van der Waals surface area contributed by atoms with Crippen molar-refractivity contribution in [1.29, 1.82) is 0 Å². The first-order chi connectivity index (χ1) is 10.6. The van der Waals surface area contributed by atoms with Crippen molar-refractivity contribution in [3.63, 3.8) is 0 Å². The Balaban J connectivity index is 0.00000211. The molecule has 1 nitrogen and oxygen atoms in total. The van der Waals surface area contributed by atoms with Crippen LogP contribution in [0.4, 0.5) is 0 Å². The molecule has 0 fully saturated rings. The van der Waals surface area contributed by atoms with Crippen molar-refractivity contribution in [2.24, 2.45) is 5.73 Å². The Morgan fingerprint density at radius 1 is 0.909 bits per heavy atom. The molecule has 128 valence electrons. The minimum atomic E-state index is 0.143. The Kier molecular flexibility index (Phi) is 11.3. The van der Waals surface area contributed by atoms with E-state index in [0.29, 0.717) is 0 Å². The van der Waals surface area contributed by atoms with Gasteiger partial charge in [-0.25, -0.2) is 0 Å². The van der Waals surface area contributed by atoms with Crippen LogP contribution in [0.2, 0.25) is 0 Å². The molecule has 0 aliphatic carbocycles. The summed E-state index contributed by atoms with van der Waals surface area (Å²) >= 11 is 0. The molecule has 1 atom stereocenters. The number of aryl methyl sites for hydroxylation is 2. The van der Waals surface area contributed by atoms with Crippen LogP contribution in [0.25, 0.3) is 0 Å². The van der Waals surface area contributed by atoms with E-state index in [2.05, 4.69) is 45.9 Å². The van der Waals surface area contributed by atoms with Crippen LogP contribution >= 0.6 is 0 Å². The standard InChI is InChI=1S/C19H33N.C2H6/c1-5-8-9-10-13-19(4,15-20)18-12-11-16(6-2)17(7-3)14-18;1-2/h11-12,14H,5-10,13,15,20H2,1-4H3;1-2H3. The predicted molar refractivity (Wildman–Crippen MR) is 102 cm³/mol. The summed E-state index contributed by atoms with van der Waals surface area (Å²) < 4.78 is 0. The fraction of sp³-hybridized carbons (Fsp3) is 0.714. The molecule has 1 heteroatoms. The van der Waals surface area contributed by atoms with Crippen LogP contribution in [0.3, 0.4) is 0 Å². The molecule has 0 bridgehead atoms. The summed E-state index contributed by atoms with van der Waals surface area (Å²) in [5.74, 6) is 0. The minimum Gasteiger partial charge on any atom is -0.330 e. The van der Waals surface area contributed by atoms with E-state index < -0.39 is 0 Å². The van der Waals surface area contributed by atoms with Crippen LogP contribution in [0.1, 0.15) is 90.3 Å². The molecule has 22 heavy (non-hydrogen) atoms. The summed E-state index contributed by atoms with van der Waals surface area (Å²) in [5, 5.41) is 0. The molecule has 0 spiro atoms. The van der Waals surface area contributed by atoms with Crippen LogP contribution < -0.4 is 5.73 Å². The number of rotatable bonds is 9. The molecule has 2 N–H and O–H groups in total. The van der Waals surface area contributed by atoms with Gasteiger partial charge in [0.25, 0.3) is 0 Å². The third kappa shape index (κ3) is 6.12. The van der Waals surface area contributed by atoms with E-state index in [1.807, 2.05) is 13.8 Å². The largest absolute Gasteiger partial charge is 0.330 e. The average molecular weight is 306 g/mol. The predicted octanol–water partition coefficient (Wildman–Crippen LogP) is 6.02. The van der Waals surface area contributed by atoms with Crippen molar-refractivity contribution < 1.29 is 0 Å². The second-order valence-corrected chi connectivity index (χ2v) is 6.27. The van der Waals surface area contributed by atoms with Crippen molar-refractivity contribution in [2.75, 3.05) is 6.54 Å². The molecule has 1 unspecified atom stereocenters. The summed E-state index contributed by atoms with van der Waals surface area (Å²) in [4.78, 5) is 0. The van der Waals surface area contributed by atoms with Gasteiger partial charge in [0.1, 0.15) is 0 Å². The van der Waals surface area contributed by atoms with Crippen molar-refractivity contribution in [3.8, 4) is 0 Å². The number of hydrogen-bond donors (Lipinski definition) is 1. The number of unbranched alkanes of at least 4 members (excludes halogenated alkanes) is 3. The van der Waals surface area contributed by atoms with Crippen LogP contribution in [0, 0.1) is 0 Å². The molecular weight excluding hydrogens is 266 g/mol. The lowest BCUT2D eigenvalue weighted by Gasteiger charge is -2.30.